The molecule has 84 valence electrons. The second-order valence-corrected chi connectivity index (χ2v) is 5.45. The lowest BCUT2D eigenvalue weighted by Gasteiger charge is -2.03. The van der Waals surface area contributed by atoms with Crippen LogP contribution in [-0.4, -0.2) is 5.33 Å². The Labute approximate surface area is 110 Å². The maximum absolute atomic E-state index is 3.58. The first kappa shape index (κ1) is 13.2. The first-order valence-corrected chi connectivity index (χ1v) is 7.55. The molecule has 0 aromatic heterocycles. The molecule has 0 N–H and O–H groups in total. The van der Waals surface area contributed by atoms with Crippen molar-refractivity contribution >= 4 is 31.9 Å². The van der Waals surface area contributed by atoms with Gasteiger partial charge in [-0.25, -0.2) is 0 Å². The number of rotatable bonds is 7. The summed E-state index contributed by atoms with van der Waals surface area (Å²) in [6.45, 7) is 0. The number of halogens is 2. The summed E-state index contributed by atoms with van der Waals surface area (Å²) in [4.78, 5) is 0. The molecule has 0 bridgehead atoms. The van der Waals surface area contributed by atoms with Crippen molar-refractivity contribution in [3.8, 4) is 0 Å². The van der Waals surface area contributed by atoms with E-state index in [1.54, 1.807) is 0 Å². The van der Waals surface area contributed by atoms with Crippen molar-refractivity contribution in [2.75, 3.05) is 5.33 Å². The summed E-state index contributed by atoms with van der Waals surface area (Å²) in [7, 11) is 0. The first-order valence-electron chi connectivity index (χ1n) is 5.64. The zero-order chi connectivity index (χ0) is 10.9. The zero-order valence-electron chi connectivity index (χ0n) is 9.02. The van der Waals surface area contributed by atoms with Gasteiger partial charge in [-0.2, -0.15) is 0 Å². The van der Waals surface area contributed by atoms with Crippen molar-refractivity contribution in [3.05, 3.63) is 34.3 Å². The molecule has 0 saturated heterocycles. The molecule has 0 radical (unpaired) electrons. The average molecular weight is 334 g/mol. The summed E-state index contributed by atoms with van der Waals surface area (Å²) >= 11 is 7.04. The Balaban J connectivity index is 2.12. The lowest BCUT2D eigenvalue weighted by atomic mass is 10.1. The van der Waals surface area contributed by atoms with E-state index >= 15 is 0 Å². The summed E-state index contributed by atoms with van der Waals surface area (Å²) in [6.07, 6.45) is 7.92. The molecule has 0 amide bonds. The third kappa shape index (κ3) is 5.72. The molecule has 0 atom stereocenters. The van der Waals surface area contributed by atoms with Crippen LogP contribution in [-0.2, 0) is 6.42 Å². The SMILES string of the molecule is BrCCCCCCCc1ccccc1Br. The standard InChI is InChI=1S/C13H18Br2/c14-11-7-3-1-2-4-8-12-9-5-6-10-13(12)15/h5-6,9-10H,1-4,7-8,11H2. The molecule has 15 heavy (non-hydrogen) atoms. The van der Waals surface area contributed by atoms with Crippen molar-refractivity contribution in [3.63, 3.8) is 0 Å². The van der Waals surface area contributed by atoms with Gasteiger partial charge >= 0.3 is 0 Å². The monoisotopic (exact) mass is 332 g/mol. The van der Waals surface area contributed by atoms with Crippen LogP contribution in [0.4, 0.5) is 0 Å². The van der Waals surface area contributed by atoms with Gasteiger partial charge in [-0.1, -0.05) is 69.3 Å². The third-order valence-electron chi connectivity index (χ3n) is 2.54. The summed E-state index contributed by atoms with van der Waals surface area (Å²) in [5.74, 6) is 0. The van der Waals surface area contributed by atoms with Gasteiger partial charge in [-0.05, 0) is 30.9 Å². The molecule has 0 aliphatic carbocycles. The molecular formula is C13H18Br2. The van der Waals surface area contributed by atoms with E-state index < -0.39 is 0 Å². The van der Waals surface area contributed by atoms with Crippen molar-refractivity contribution < 1.29 is 0 Å². The molecule has 0 spiro atoms. The van der Waals surface area contributed by atoms with E-state index in [1.165, 1.54) is 48.6 Å². The summed E-state index contributed by atoms with van der Waals surface area (Å²) in [6, 6.07) is 8.53. The second-order valence-electron chi connectivity index (χ2n) is 3.80. The van der Waals surface area contributed by atoms with Crippen LogP contribution in [0.3, 0.4) is 0 Å². The van der Waals surface area contributed by atoms with Crippen LogP contribution in [0.25, 0.3) is 0 Å². The fourth-order valence-corrected chi connectivity index (χ4v) is 2.52. The van der Waals surface area contributed by atoms with E-state index in [-0.39, 0.29) is 0 Å². The fourth-order valence-electron chi connectivity index (χ4n) is 1.64. The van der Waals surface area contributed by atoms with E-state index in [2.05, 4.69) is 56.1 Å². The number of hydrogen-bond acceptors (Lipinski definition) is 0. The lowest BCUT2D eigenvalue weighted by molar-refractivity contribution is 0.635. The Hall–Kier alpha value is 0.180. The van der Waals surface area contributed by atoms with E-state index in [0.717, 1.165) is 5.33 Å². The van der Waals surface area contributed by atoms with Gasteiger partial charge in [0, 0.05) is 9.80 Å². The van der Waals surface area contributed by atoms with Gasteiger partial charge in [0.1, 0.15) is 0 Å². The molecule has 0 aliphatic heterocycles. The average Bonchev–Trinajstić information content (AvgIpc) is 2.25. The topological polar surface area (TPSA) is 0 Å². The van der Waals surface area contributed by atoms with Crippen molar-refractivity contribution in [2.45, 2.75) is 38.5 Å². The van der Waals surface area contributed by atoms with Gasteiger partial charge in [0.05, 0.1) is 0 Å². The van der Waals surface area contributed by atoms with Gasteiger partial charge in [-0.15, -0.1) is 0 Å². The predicted molar refractivity (Wildman–Crippen MR) is 74.7 cm³/mol. The Morgan fingerprint density at radius 1 is 0.867 bits per heavy atom. The highest BCUT2D eigenvalue weighted by atomic mass is 79.9. The Morgan fingerprint density at radius 3 is 2.27 bits per heavy atom. The molecule has 1 aromatic rings. The van der Waals surface area contributed by atoms with Gasteiger partial charge in [0.25, 0.3) is 0 Å². The number of benzene rings is 1. The minimum absolute atomic E-state index is 1.15. The van der Waals surface area contributed by atoms with Crippen molar-refractivity contribution in [1.82, 2.24) is 0 Å². The minimum atomic E-state index is 1.15. The molecule has 0 fully saturated rings. The highest BCUT2D eigenvalue weighted by Gasteiger charge is 1.97. The van der Waals surface area contributed by atoms with Crippen LogP contribution in [0.2, 0.25) is 0 Å². The number of alkyl halides is 1. The maximum atomic E-state index is 3.58. The van der Waals surface area contributed by atoms with Crippen LogP contribution in [0.5, 0.6) is 0 Å². The van der Waals surface area contributed by atoms with Crippen LogP contribution < -0.4 is 0 Å². The lowest BCUT2D eigenvalue weighted by Crippen LogP contribution is -1.87. The molecule has 0 saturated carbocycles. The Bertz CT molecular complexity index is 271. The zero-order valence-corrected chi connectivity index (χ0v) is 12.2. The summed E-state index contributed by atoms with van der Waals surface area (Å²) in [5, 5.41) is 1.15. The minimum Gasteiger partial charge on any atom is -0.0928 e. The smallest absolute Gasteiger partial charge is 0.0207 e. The van der Waals surface area contributed by atoms with Crippen LogP contribution >= 0.6 is 31.9 Å². The third-order valence-corrected chi connectivity index (χ3v) is 3.87. The Kier molecular flexibility index (Phi) is 7.37. The van der Waals surface area contributed by atoms with Gasteiger partial charge in [0.15, 0.2) is 0 Å². The highest BCUT2D eigenvalue weighted by molar-refractivity contribution is 9.10. The summed E-state index contributed by atoms with van der Waals surface area (Å²) < 4.78 is 1.26. The van der Waals surface area contributed by atoms with Crippen LogP contribution in [0.15, 0.2) is 28.7 Å². The molecule has 0 nitrogen and oxygen atoms in total. The van der Waals surface area contributed by atoms with Crippen LogP contribution in [0.1, 0.15) is 37.7 Å². The molecule has 1 rings (SSSR count). The predicted octanol–water partition coefficient (Wildman–Crippen LogP) is 5.34. The second kappa shape index (κ2) is 8.35. The van der Waals surface area contributed by atoms with Gasteiger partial charge < -0.3 is 0 Å². The van der Waals surface area contributed by atoms with Gasteiger partial charge in [-0.3, -0.25) is 0 Å². The summed E-state index contributed by atoms with van der Waals surface area (Å²) in [5.41, 5.74) is 1.44. The maximum Gasteiger partial charge on any atom is 0.0207 e. The first-order chi connectivity index (χ1) is 7.34. The molecule has 0 heterocycles. The normalized spacial score (nSPS) is 10.5. The number of hydrogen-bond donors (Lipinski definition) is 0. The molecular weight excluding hydrogens is 316 g/mol. The molecule has 0 unspecified atom stereocenters. The quantitative estimate of drug-likeness (QED) is 0.467. The van der Waals surface area contributed by atoms with Crippen LogP contribution in [0, 0.1) is 0 Å². The highest BCUT2D eigenvalue weighted by Crippen LogP contribution is 2.18. The molecule has 0 aliphatic rings. The Morgan fingerprint density at radius 2 is 1.53 bits per heavy atom. The fraction of sp³-hybridized carbons (Fsp3) is 0.538. The number of unbranched alkanes of at least 4 members (excludes halogenated alkanes) is 4. The molecule has 1 aromatic carbocycles. The van der Waals surface area contributed by atoms with E-state index in [0.29, 0.717) is 0 Å². The van der Waals surface area contributed by atoms with E-state index in [4.69, 9.17) is 0 Å². The van der Waals surface area contributed by atoms with Crippen molar-refractivity contribution in [1.29, 1.82) is 0 Å². The largest absolute Gasteiger partial charge is 0.0928 e. The number of aryl methyl sites for hydroxylation is 1. The molecule has 2 heteroatoms. The van der Waals surface area contributed by atoms with E-state index in [1.807, 2.05) is 0 Å². The van der Waals surface area contributed by atoms with Crippen molar-refractivity contribution in [2.24, 2.45) is 0 Å². The van der Waals surface area contributed by atoms with Gasteiger partial charge in [0.2, 0.25) is 0 Å². The van der Waals surface area contributed by atoms with E-state index in [9.17, 15) is 0 Å².